The van der Waals surface area contributed by atoms with Gasteiger partial charge in [-0.3, -0.25) is 14.9 Å². The Balaban J connectivity index is 2.72. The predicted octanol–water partition coefficient (Wildman–Crippen LogP) is 2.15. The lowest BCUT2D eigenvalue weighted by Crippen LogP contribution is -2.36. The lowest BCUT2D eigenvalue weighted by atomic mass is 10.1. The number of pyridine rings is 1. The van der Waals surface area contributed by atoms with E-state index in [1.165, 1.54) is 24.9 Å². The number of nitrogens with zero attached hydrogens (tertiary/aromatic N) is 1. The molecule has 0 spiro atoms. The molecule has 0 aromatic carbocycles. The second kappa shape index (κ2) is 11.7. The molecule has 8 heteroatoms. The fourth-order valence-electron chi connectivity index (χ4n) is 2.15. The number of carbonyl (C=O) groups excluding carboxylic acids is 3. The van der Waals surface area contributed by atoms with Gasteiger partial charge in [-0.2, -0.15) is 0 Å². The molecule has 1 rings (SSSR count). The van der Waals surface area contributed by atoms with Crippen molar-refractivity contribution in [3.05, 3.63) is 46.8 Å². The number of imide groups is 1. The molecule has 1 heterocycles. The minimum Gasteiger partial charge on any atom is -0.494 e. The molecule has 0 aliphatic heterocycles. The molecule has 0 aliphatic rings. The third-order valence-electron chi connectivity index (χ3n) is 3.70. The molecule has 28 heavy (non-hydrogen) atoms. The molecule has 1 aromatic heterocycles. The van der Waals surface area contributed by atoms with Gasteiger partial charge in [0.05, 0.1) is 19.2 Å². The van der Waals surface area contributed by atoms with Gasteiger partial charge in [0.2, 0.25) is 5.91 Å². The van der Waals surface area contributed by atoms with Crippen LogP contribution in [0.1, 0.15) is 54.5 Å². The Labute approximate surface area is 164 Å². The maximum absolute atomic E-state index is 12.2. The summed E-state index contributed by atoms with van der Waals surface area (Å²) in [4.78, 5) is 39.3. The molecule has 0 saturated heterocycles. The SMILES string of the molecule is COc1cc(C(=O)OC/C=C(\C)CCC=C(C)C)cnc1C(=O)NC(=O)CN. The van der Waals surface area contributed by atoms with Gasteiger partial charge in [-0.05, 0) is 45.8 Å². The normalized spacial score (nSPS) is 10.8. The molecular weight excluding hydrogens is 362 g/mol. The van der Waals surface area contributed by atoms with E-state index >= 15 is 0 Å². The van der Waals surface area contributed by atoms with E-state index in [2.05, 4.69) is 16.4 Å². The number of amides is 2. The number of nitrogens with two attached hydrogens (primary N) is 1. The van der Waals surface area contributed by atoms with Crippen LogP contribution in [-0.2, 0) is 9.53 Å². The van der Waals surface area contributed by atoms with Crippen molar-refractivity contribution in [1.29, 1.82) is 0 Å². The van der Waals surface area contributed by atoms with Crippen LogP contribution in [0, 0.1) is 0 Å². The third kappa shape index (κ3) is 7.71. The second-order valence-electron chi connectivity index (χ2n) is 6.33. The average Bonchev–Trinajstić information content (AvgIpc) is 2.66. The van der Waals surface area contributed by atoms with E-state index in [1.54, 1.807) is 0 Å². The standard InChI is InChI=1S/C20H27N3O5/c1-13(2)6-5-7-14(3)8-9-28-20(26)15-10-16(27-4)18(22-12-15)19(25)23-17(24)11-21/h6,8,10,12H,5,7,9,11,21H2,1-4H3,(H,23,24,25)/b14-8+. The number of aromatic nitrogens is 1. The first-order valence-electron chi connectivity index (χ1n) is 8.82. The number of hydrogen-bond acceptors (Lipinski definition) is 7. The molecule has 2 amide bonds. The fraction of sp³-hybridized carbons (Fsp3) is 0.400. The summed E-state index contributed by atoms with van der Waals surface area (Å²) in [7, 11) is 1.33. The summed E-state index contributed by atoms with van der Waals surface area (Å²) in [6.07, 6.45) is 7.03. The molecule has 152 valence electrons. The van der Waals surface area contributed by atoms with Crippen molar-refractivity contribution in [1.82, 2.24) is 10.3 Å². The molecule has 1 aromatic rings. The summed E-state index contributed by atoms with van der Waals surface area (Å²) >= 11 is 0. The summed E-state index contributed by atoms with van der Waals surface area (Å²) in [6.45, 7) is 5.88. The van der Waals surface area contributed by atoms with Gasteiger partial charge >= 0.3 is 5.97 Å². The number of methoxy groups -OCH3 is 1. The van der Waals surface area contributed by atoms with Gasteiger partial charge in [0.25, 0.3) is 5.91 Å². The molecule has 0 fully saturated rings. The zero-order valence-electron chi connectivity index (χ0n) is 16.7. The summed E-state index contributed by atoms with van der Waals surface area (Å²) in [5.41, 5.74) is 7.55. The Morgan fingerprint density at radius 2 is 1.93 bits per heavy atom. The predicted molar refractivity (Wildman–Crippen MR) is 105 cm³/mol. The quantitative estimate of drug-likeness (QED) is 0.490. The van der Waals surface area contributed by atoms with Gasteiger partial charge in [-0.1, -0.05) is 17.2 Å². The van der Waals surface area contributed by atoms with E-state index in [1.807, 2.05) is 26.8 Å². The molecule has 0 atom stereocenters. The molecular formula is C20H27N3O5. The van der Waals surface area contributed by atoms with Crippen molar-refractivity contribution < 1.29 is 23.9 Å². The maximum Gasteiger partial charge on any atom is 0.340 e. The van der Waals surface area contributed by atoms with Crippen LogP contribution in [0.15, 0.2) is 35.6 Å². The molecule has 0 saturated carbocycles. The molecule has 8 nitrogen and oxygen atoms in total. The number of esters is 1. The fourth-order valence-corrected chi connectivity index (χ4v) is 2.15. The van der Waals surface area contributed by atoms with Gasteiger partial charge in [-0.15, -0.1) is 0 Å². The highest BCUT2D eigenvalue weighted by atomic mass is 16.5. The lowest BCUT2D eigenvalue weighted by Gasteiger charge is -2.09. The van der Waals surface area contributed by atoms with Crippen LogP contribution in [0.5, 0.6) is 5.75 Å². The van der Waals surface area contributed by atoms with Crippen LogP contribution >= 0.6 is 0 Å². The number of ether oxygens (including phenoxy) is 2. The molecule has 0 bridgehead atoms. The molecule has 0 radical (unpaired) electrons. The average molecular weight is 389 g/mol. The topological polar surface area (TPSA) is 121 Å². The minimum atomic E-state index is -0.762. The van der Waals surface area contributed by atoms with E-state index < -0.39 is 17.8 Å². The number of nitrogens with one attached hydrogen (secondary N) is 1. The van der Waals surface area contributed by atoms with Crippen LogP contribution < -0.4 is 15.8 Å². The van der Waals surface area contributed by atoms with Crippen LogP contribution in [0.3, 0.4) is 0 Å². The molecule has 0 aliphatic carbocycles. The molecule has 0 unspecified atom stereocenters. The third-order valence-corrected chi connectivity index (χ3v) is 3.70. The Hall–Kier alpha value is -3.00. The van der Waals surface area contributed by atoms with Gasteiger partial charge in [-0.25, -0.2) is 9.78 Å². The lowest BCUT2D eigenvalue weighted by molar-refractivity contribution is -0.118. The monoisotopic (exact) mass is 389 g/mol. The van der Waals surface area contributed by atoms with Gasteiger partial charge in [0, 0.05) is 6.20 Å². The van der Waals surface area contributed by atoms with Gasteiger partial charge < -0.3 is 15.2 Å². The number of hydrogen-bond donors (Lipinski definition) is 2. The van der Waals surface area contributed by atoms with Crippen LogP contribution in [-0.4, -0.2) is 43.0 Å². The summed E-state index contributed by atoms with van der Waals surface area (Å²) in [6, 6.07) is 1.34. The zero-order valence-corrected chi connectivity index (χ0v) is 16.7. The summed E-state index contributed by atoms with van der Waals surface area (Å²) < 4.78 is 10.3. The van der Waals surface area contributed by atoms with Crippen molar-refractivity contribution in [2.45, 2.75) is 33.6 Å². The smallest absolute Gasteiger partial charge is 0.340 e. The van der Waals surface area contributed by atoms with Crippen LogP contribution in [0.2, 0.25) is 0 Å². The van der Waals surface area contributed by atoms with Gasteiger partial charge in [0.1, 0.15) is 6.61 Å². The highest BCUT2D eigenvalue weighted by molar-refractivity contribution is 6.06. The maximum atomic E-state index is 12.2. The first-order chi connectivity index (χ1) is 13.3. The van der Waals surface area contributed by atoms with Crippen molar-refractivity contribution in [2.24, 2.45) is 5.73 Å². The Morgan fingerprint density at radius 1 is 1.21 bits per heavy atom. The summed E-state index contributed by atoms with van der Waals surface area (Å²) in [5.74, 6) is -1.96. The first-order valence-corrected chi connectivity index (χ1v) is 8.82. The van der Waals surface area contributed by atoms with E-state index in [9.17, 15) is 14.4 Å². The Kier molecular flexibility index (Phi) is 9.59. The van der Waals surface area contributed by atoms with Crippen molar-refractivity contribution in [2.75, 3.05) is 20.3 Å². The largest absolute Gasteiger partial charge is 0.494 e. The van der Waals surface area contributed by atoms with E-state index in [4.69, 9.17) is 15.2 Å². The number of carbonyl (C=O) groups is 3. The Bertz CT molecular complexity index is 780. The summed E-state index contributed by atoms with van der Waals surface area (Å²) in [5, 5.41) is 2.07. The van der Waals surface area contributed by atoms with E-state index in [0.29, 0.717) is 0 Å². The first kappa shape index (κ1) is 23.0. The number of rotatable bonds is 9. The van der Waals surface area contributed by atoms with E-state index in [-0.39, 0.29) is 30.2 Å². The van der Waals surface area contributed by atoms with E-state index in [0.717, 1.165) is 18.4 Å². The zero-order chi connectivity index (χ0) is 21.1. The highest BCUT2D eigenvalue weighted by Crippen LogP contribution is 2.18. The minimum absolute atomic E-state index is 0.0465. The van der Waals surface area contributed by atoms with Crippen LogP contribution in [0.4, 0.5) is 0 Å². The molecule has 3 N–H and O–H groups in total. The van der Waals surface area contributed by atoms with Crippen LogP contribution in [0.25, 0.3) is 0 Å². The number of allylic oxidation sites excluding steroid dienone is 3. The van der Waals surface area contributed by atoms with Gasteiger partial charge in [0.15, 0.2) is 11.4 Å². The highest BCUT2D eigenvalue weighted by Gasteiger charge is 2.19. The van der Waals surface area contributed by atoms with Crippen molar-refractivity contribution >= 4 is 17.8 Å². The van der Waals surface area contributed by atoms with Crippen molar-refractivity contribution in [3.63, 3.8) is 0 Å². The second-order valence-corrected chi connectivity index (χ2v) is 6.33. The Morgan fingerprint density at radius 3 is 2.54 bits per heavy atom. The van der Waals surface area contributed by atoms with Crippen molar-refractivity contribution in [3.8, 4) is 5.75 Å².